The standard InChI is InChI=1S/C21H20FN5O4S2/c1-12-13(2)27(16-5-3-4-15(22)8-16)19(17(12)9-23)24-18(28)10-32-21-26-25-20(31-21)14-6-7-33(29,30)11-14/h3-5,8,14H,6-7,10-11H2,1-2H3,(H,24,28). The summed E-state index contributed by atoms with van der Waals surface area (Å²) in [6.45, 7) is 3.55. The minimum Gasteiger partial charge on any atom is -0.416 e. The number of hydrogen-bond acceptors (Lipinski definition) is 8. The largest absolute Gasteiger partial charge is 0.416 e. The van der Waals surface area contributed by atoms with Gasteiger partial charge in [-0.2, -0.15) is 5.26 Å². The first-order valence-electron chi connectivity index (χ1n) is 10.0. The Kier molecular flexibility index (Phi) is 6.27. The van der Waals surface area contributed by atoms with Gasteiger partial charge in [-0.25, -0.2) is 12.8 Å². The number of nitriles is 1. The number of hydrogen-bond donors (Lipinski definition) is 1. The third kappa shape index (κ3) is 4.79. The van der Waals surface area contributed by atoms with Crippen molar-refractivity contribution in [2.45, 2.75) is 31.4 Å². The van der Waals surface area contributed by atoms with Crippen molar-refractivity contribution >= 4 is 33.3 Å². The molecule has 1 unspecified atom stereocenters. The van der Waals surface area contributed by atoms with E-state index in [1.54, 1.807) is 30.5 Å². The summed E-state index contributed by atoms with van der Waals surface area (Å²) in [4.78, 5) is 12.7. The molecule has 1 aliphatic rings. The lowest BCUT2D eigenvalue weighted by molar-refractivity contribution is -0.113. The molecule has 1 amide bonds. The maximum absolute atomic E-state index is 13.8. The number of halogens is 1. The normalized spacial score (nSPS) is 17.1. The number of anilines is 1. The van der Waals surface area contributed by atoms with Crippen LogP contribution in [0.1, 0.15) is 35.1 Å². The van der Waals surface area contributed by atoms with Crippen molar-refractivity contribution in [2.75, 3.05) is 22.6 Å². The van der Waals surface area contributed by atoms with E-state index in [1.165, 1.54) is 12.1 Å². The van der Waals surface area contributed by atoms with Crippen LogP contribution in [0.4, 0.5) is 10.2 Å². The van der Waals surface area contributed by atoms with Gasteiger partial charge in [-0.3, -0.25) is 9.36 Å². The Hall–Kier alpha value is -3.17. The molecule has 0 bridgehead atoms. The van der Waals surface area contributed by atoms with Crippen LogP contribution in [-0.4, -0.2) is 46.3 Å². The molecule has 2 aromatic heterocycles. The number of thioether (sulfide) groups is 1. The van der Waals surface area contributed by atoms with Crippen LogP contribution in [0, 0.1) is 31.0 Å². The maximum atomic E-state index is 13.8. The van der Waals surface area contributed by atoms with Crippen molar-refractivity contribution < 1.29 is 22.0 Å². The van der Waals surface area contributed by atoms with Gasteiger partial charge in [0.2, 0.25) is 11.8 Å². The van der Waals surface area contributed by atoms with Gasteiger partial charge < -0.3 is 9.73 Å². The number of carbonyl (C=O) groups excluding carboxylic acids is 1. The molecule has 1 atom stereocenters. The average molecular weight is 490 g/mol. The quantitative estimate of drug-likeness (QED) is 0.523. The van der Waals surface area contributed by atoms with Gasteiger partial charge in [0.15, 0.2) is 9.84 Å². The van der Waals surface area contributed by atoms with Crippen molar-refractivity contribution in [3.05, 3.63) is 52.8 Å². The third-order valence-corrected chi connectivity index (χ3v) is 8.07. The maximum Gasteiger partial charge on any atom is 0.277 e. The van der Waals surface area contributed by atoms with Gasteiger partial charge in [0.05, 0.1) is 34.4 Å². The second-order valence-electron chi connectivity index (χ2n) is 7.70. The van der Waals surface area contributed by atoms with Crippen LogP contribution in [0.25, 0.3) is 5.69 Å². The van der Waals surface area contributed by atoms with E-state index in [9.17, 15) is 22.9 Å². The van der Waals surface area contributed by atoms with Gasteiger partial charge in [0.1, 0.15) is 17.7 Å². The van der Waals surface area contributed by atoms with Crippen molar-refractivity contribution in [1.82, 2.24) is 14.8 Å². The van der Waals surface area contributed by atoms with Crippen LogP contribution in [0.3, 0.4) is 0 Å². The van der Waals surface area contributed by atoms with E-state index >= 15 is 0 Å². The fourth-order valence-electron chi connectivity index (χ4n) is 3.73. The zero-order valence-electron chi connectivity index (χ0n) is 17.8. The highest BCUT2D eigenvalue weighted by Crippen LogP contribution is 2.32. The lowest BCUT2D eigenvalue weighted by atomic mass is 10.1. The van der Waals surface area contributed by atoms with Gasteiger partial charge in [-0.1, -0.05) is 17.8 Å². The Balaban J connectivity index is 1.49. The molecule has 0 saturated carbocycles. The first-order valence-corrected chi connectivity index (χ1v) is 12.8. The molecule has 9 nitrogen and oxygen atoms in total. The van der Waals surface area contributed by atoms with Crippen LogP contribution in [0.15, 0.2) is 33.9 Å². The summed E-state index contributed by atoms with van der Waals surface area (Å²) in [7, 11) is -3.08. The Morgan fingerprint density at radius 3 is 2.85 bits per heavy atom. The number of amides is 1. The highest BCUT2D eigenvalue weighted by molar-refractivity contribution is 7.99. The molecule has 0 spiro atoms. The average Bonchev–Trinajstić information content (AvgIpc) is 3.44. The van der Waals surface area contributed by atoms with Crippen LogP contribution in [-0.2, 0) is 14.6 Å². The molecule has 172 valence electrons. The Morgan fingerprint density at radius 2 is 2.18 bits per heavy atom. The van der Waals surface area contributed by atoms with E-state index in [2.05, 4.69) is 21.6 Å². The summed E-state index contributed by atoms with van der Waals surface area (Å²) < 4.78 is 44.3. The number of aromatic nitrogens is 3. The number of rotatable bonds is 6. The van der Waals surface area contributed by atoms with Crippen LogP contribution in [0.5, 0.6) is 0 Å². The summed E-state index contributed by atoms with van der Waals surface area (Å²) in [5.41, 5.74) is 2.15. The van der Waals surface area contributed by atoms with E-state index in [-0.39, 0.29) is 45.7 Å². The minimum absolute atomic E-state index is 0.0213. The van der Waals surface area contributed by atoms with E-state index in [0.29, 0.717) is 23.4 Å². The zero-order valence-corrected chi connectivity index (χ0v) is 19.5. The molecule has 3 aromatic rings. The highest BCUT2D eigenvalue weighted by atomic mass is 32.2. The lowest BCUT2D eigenvalue weighted by Gasteiger charge is -2.13. The number of sulfone groups is 1. The van der Waals surface area contributed by atoms with Gasteiger partial charge in [0.25, 0.3) is 5.22 Å². The highest BCUT2D eigenvalue weighted by Gasteiger charge is 2.33. The molecule has 4 rings (SSSR count). The second kappa shape index (κ2) is 8.99. The fourth-order valence-corrected chi connectivity index (χ4v) is 6.03. The zero-order chi connectivity index (χ0) is 23.8. The third-order valence-electron chi connectivity index (χ3n) is 5.48. The number of nitrogens with zero attached hydrogens (tertiary/aromatic N) is 4. The summed E-state index contributed by atoms with van der Waals surface area (Å²) in [5, 5.41) is 20.3. The SMILES string of the molecule is Cc1c(C#N)c(NC(=O)CSc2nnc(C3CCS(=O)(=O)C3)o2)n(-c2cccc(F)c2)c1C. The van der Waals surface area contributed by atoms with Crippen LogP contribution >= 0.6 is 11.8 Å². The predicted octanol–water partition coefficient (Wildman–Crippen LogP) is 3.12. The summed E-state index contributed by atoms with van der Waals surface area (Å²) in [6.07, 6.45) is 0.432. The molecule has 1 saturated heterocycles. The molecule has 1 aliphatic heterocycles. The molecule has 0 aliphatic carbocycles. The number of carbonyl (C=O) groups is 1. The van der Waals surface area contributed by atoms with Crippen molar-refractivity contribution in [2.24, 2.45) is 0 Å². The van der Waals surface area contributed by atoms with Gasteiger partial charge in [-0.15, -0.1) is 10.2 Å². The number of nitrogens with one attached hydrogen (secondary N) is 1. The van der Waals surface area contributed by atoms with Gasteiger partial charge in [-0.05, 0) is 44.0 Å². The van der Waals surface area contributed by atoms with Crippen molar-refractivity contribution in [3.63, 3.8) is 0 Å². The first kappa shape index (κ1) is 23.0. The predicted molar refractivity (Wildman–Crippen MR) is 120 cm³/mol. The molecule has 0 radical (unpaired) electrons. The Bertz CT molecular complexity index is 1370. The molecular formula is C21H20FN5O4S2. The van der Waals surface area contributed by atoms with Crippen molar-refractivity contribution in [3.8, 4) is 11.8 Å². The van der Waals surface area contributed by atoms with E-state index in [4.69, 9.17) is 4.42 Å². The Labute approximate surface area is 193 Å². The molecule has 12 heteroatoms. The van der Waals surface area contributed by atoms with E-state index in [1.807, 2.05) is 0 Å². The molecule has 3 heterocycles. The van der Waals surface area contributed by atoms with Crippen molar-refractivity contribution in [1.29, 1.82) is 5.26 Å². The molecular weight excluding hydrogens is 469 g/mol. The summed E-state index contributed by atoms with van der Waals surface area (Å²) in [5.74, 6) is -0.696. The number of benzene rings is 1. The molecule has 1 N–H and O–H groups in total. The summed E-state index contributed by atoms with van der Waals surface area (Å²) in [6, 6.07) is 7.97. The van der Waals surface area contributed by atoms with E-state index < -0.39 is 21.6 Å². The first-order chi connectivity index (χ1) is 15.7. The smallest absolute Gasteiger partial charge is 0.277 e. The minimum atomic E-state index is -3.08. The van der Waals surface area contributed by atoms with Crippen LogP contribution in [0.2, 0.25) is 0 Å². The monoisotopic (exact) mass is 489 g/mol. The van der Waals surface area contributed by atoms with Gasteiger partial charge >= 0.3 is 0 Å². The molecule has 1 aromatic carbocycles. The Morgan fingerprint density at radius 1 is 1.39 bits per heavy atom. The van der Waals surface area contributed by atoms with E-state index in [0.717, 1.165) is 11.8 Å². The van der Waals surface area contributed by atoms with Gasteiger partial charge in [0, 0.05) is 5.69 Å². The topological polar surface area (TPSA) is 131 Å². The lowest BCUT2D eigenvalue weighted by Crippen LogP contribution is -2.17. The van der Waals surface area contributed by atoms with Crippen LogP contribution < -0.4 is 5.32 Å². The fraction of sp³-hybridized carbons (Fsp3) is 0.333. The second-order valence-corrected chi connectivity index (χ2v) is 10.9. The molecule has 33 heavy (non-hydrogen) atoms. The molecule has 1 fully saturated rings. The summed E-state index contributed by atoms with van der Waals surface area (Å²) >= 11 is 1.00.